The second-order valence-corrected chi connectivity index (χ2v) is 5.22. The molecule has 0 N–H and O–H groups in total. The minimum absolute atomic E-state index is 0.217. The molecule has 3 rings (SSSR count). The largest absolute Gasteiger partial charge is 0.330 e. The molecule has 1 aliphatic rings. The van der Waals surface area contributed by atoms with Crippen LogP contribution >= 0.6 is 0 Å². The van der Waals surface area contributed by atoms with E-state index >= 15 is 0 Å². The monoisotopic (exact) mass is 268 g/mol. The van der Waals surface area contributed by atoms with Gasteiger partial charge in [0.1, 0.15) is 5.82 Å². The molecule has 0 spiro atoms. The van der Waals surface area contributed by atoms with Crippen molar-refractivity contribution in [1.29, 1.82) is 0 Å². The van der Waals surface area contributed by atoms with Crippen LogP contribution in [0.25, 0.3) is 11.3 Å². The van der Waals surface area contributed by atoms with E-state index in [2.05, 4.69) is 22.2 Å². The zero-order valence-corrected chi connectivity index (χ0v) is 11.6. The van der Waals surface area contributed by atoms with Crippen LogP contribution in [-0.4, -0.2) is 9.55 Å². The molecule has 102 valence electrons. The van der Waals surface area contributed by atoms with Gasteiger partial charge in [-0.05, 0) is 49.6 Å². The van der Waals surface area contributed by atoms with Crippen molar-refractivity contribution < 1.29 is 4.39 Å². The number of hydrogen-bond acceptors (Lipinski definition) is 1. The molecule has 0 fully saturated rings. The molecule has 1 aliphatic heterocycles. The highest BCUT2D eigenvalue weighted by molar-refractivity contribution is 5.62. The average molecular weight is 268 g/mol. The number of fused-ring (bicyclic) bond motifs is 1. The SMILES string of the molecule is C=C(C)C1=CCCc2c(-c3ccc(F)cc3)ncn2C1. The zero-order valence-electron chi connectivity index (χ0n) is 11.6. The van der Waals surface area contributed by atoms with Crippen LogP contribution in [0.4, 0.5) is 4.39 Å². The molecule has 0 radical (unpaired) electrons. The van der Waals surface area contributed by atoms with Gasteiger partial charge >= 0.3 is 0 Å². The van der Waals surface area contributed by atoms with Gasteiger partial charge in [0.25, 0.3) is 0 Å². The van der Waals surface area contributed by atoms with Crippen LogP contribution in [-0.2, 0) is 13.0 Å². The van der Waals surface area contributed by atoms with Crippen molar-refractivity contribution in [1.82, 2.24) is 9.55 Å². The van der Waals surface area contributed by atoms with Gasteiger partial charge in [-0.2, -0.15) is 0 Å². The number of hydrogen-bond donors (Lipinski definition) is 0. The third kappa shape index (κ3) is 2.31. The molecule has 0 unspecified atom stereocenters. The summed E-state index contributed by atoms with van der Waals surface area (Å²) in [4.78, 5) is 4.52. The van der Waals surface area contributed by atoms with Crippen LogP contribution in [0.2, 0.25) is 0 Å². The molecule has 3 heteroatoms. The first-order chi connectivity index (χ1) is 9.65. The van der Waals surface area contributed by atoms with Gasteiger partial charge in [0.05, 0.1) is 12.0 Å². The third-order valence-electron chi connectivity index (χ3n) is 3.72. The summed E-state index contributed by atoms with van der Waals surface area (Å²) in [6.45, 7) is 6.88. The zero-order chi connectivity index (χ0) is 14.1. The highest BCUT2D eigenvalue weighted by atomic mass is 19.1. The number of halogens is 1. The van der Waals surface area contributed by atoms with Crippen LogP contribution in [0, 0.1) is 5.82 Å². The molecule has 2 aromatic rings. The van der Waals surface area contributed by atoms with Gasteiger partial charge in [-0.3, -0.25) is 0 Å². The first-order valence-electron chi connectivity index (χ1n) is 6.80. The van der Waals surface area contributed by atoms with Gasteiger partial charge in [0, 0.05) is 17.8 Å². The fraction of sp³-hybridized carbons (Fsp3) is 0.235. The summed E-state index contributed by atoms with van der Waals surface area (Å²) < 4.78 is 15.2. The highest BCUT2D eigenvalue weighted by Crippen LogP contribution is 2.27. The van der Waals surface area contributed by atoms with Gasteiger partial charge in [-0.15, -0.1) is 0 Å². The van der Waals surface area contributed by atoms with Crippen molar-refractivity contribution in [2.45, 2.75) is 26.3 Å². The van der Waals surface area contributed by atoms with Crippen molar-refractivity contribution in [2.75, 3.05) is 0 Å². The Morgan fingerprint density at radius 1 is 1.30 bits per heavy atom. The Balaban J connectivity index is 1.99. The first kappa shape index (κ1) is 12.9. The van der Waals surface area contributed by atoms with E-state index in [1.807, 2.05) is 13.3 Å². The highest BCUT2D eigenvalue weighted by Gasteiger charge is 2.16. The summed E-state index contributed by atoms with van der Waals surface area (Å²) in [5.74, 6) is -0.217. The van der Waals surface area contributed by atoms with Gasteiger partial charge in [-0.25, -0.2) is 9.37 Å². The summed E-state index contributed by atoms with van der Waals surface area (Å²) in [6.07, 6.45) is 6.06. The van der Waals surface area contributed by atoms with E-state index in [-0.39, 0.29) is 5.82 Å². The lowest BCUT2D eigenvalue weighted by molar-refractivity contribution is 0.628. The Labute approximate surface area is 118 Å². The van der Waals surface area contributed by atoms with Crippen LogP contribution in [0.5, 0.6) is 0 Å². The molecular formula is C17H17FN2. The number of benzene rings is 1. The number of rotatable bonds is 2. The molecule has 2 nitrogen and oxygen atoms in total. The molecule has 2 heterocycles. The van der Waals surface area contributed by atoms with E-state index in [9.17, 15) is 4.39 Å². The fourth-order valence-corrected chi connectivity index (χ4v) is 2.60. The van der Waals surface area contributed by atoms with E-state index in [1.165, 1.54) is 23.4 Å². The summed E-state index contributed by atoms with van der Waals surface area (Å²) in [6, 6.07) is 6.54. The van der Waals surface area contributed by atoms with E-state index in [4.69, 9.17) is 0 Å². The Bertz CT molecular complexity index is 678. The number of allylic oxidation sites excluding steroid dienone is 3. The predicted molar refractivity (Wildman–Crippen MR) is 78.8 cm³/mol. The maximum Gasteiger partial charge on any atom is 0.123 e. The Morgan fingerprint density at radius 3 is 2.75 bits per heavy atom. The van der Waals surface area contributed by atoms with Crippen molar-refractivity contribution in [3.05, 3.63) is 65.9 Å². The number of imidazole rings is 1. The minimum atomic E-state index is -0.217. The lowest BCUT2D eigenvalue weighted by atomic mass is 10.1. The van der Waals surface area contributed by atoms with Gasteiger partial charge in [0.2, 0.25) is 0 Å². The molecule has 0 amide bonds. The lowest BCUT2D eigenvalue weighted by Crippen LogP contribution is -2.02. The van der Waals surface area contributed by atoms with Crippen LogP contribution in [0.15, 0.2) is 54.4 Å². The van der Waals surface area contributed by atoms with E-state index in [0.717, 1.165) is 36.2 Å². The van der Waals surface area contributed by atoms with Crippen LogP contribution in [0.1, 0.15) is 19.0 Å². The lowest BCUT2D eigenvalue weighted by Gasteiger charge is -2.08. The van der Waals surface area contributed by atoms with Gasteiger partial charge in [-0.1, -0.05) is 18.2 Å². The van der Waals surface area contributed by atoms with Crippen LogP contribution in [0.3, 0.4) is 0 Å². The van der Waals surface area contributed by atoms with Gasteiger partial charge < -0.3 is 4.57 Å². The second-order valence-electron chi connectivity index (χ2n) is 5.22. The van der Waals surface area contributed by atoms with Crippen molar-refractivity contribution in [2.24, 2.45) is 0 Å². The van der Waals surface area contributed by atoms with Crippen molar-refractivity contribution in [3.63, 3.8) is 0 Å². The summed E-state index contributed by atoms with van der Waals surface area (Å²) in [5, 5.41) is 0. The summed E-state index contributed by atoms with van der Waals surface area (Å²) >= 11 is 0. The maximum absolute atomic E-state index is 13.0. The summed E-state index contributed by atoms with van der Waals surface area (Å²) in [7, 11) is 0. The molecule has 0 atom stereocenters. The third-order valence-corrected chi connectivity index (χ3v) is 3.72. The molecule has 1 aromatic heterocycles. The van der Waals surface area contributed by atoms with Crippen molar-refractivity contribution in [3.8, 4) is 11.3 Å². The molecule has 0 aliphatic carbocycles. The Kier molecular flexibility index (Phi) is 3.26. The number of aromatic nitrogens is 2. The molecule has 0 saturated carbocycles. The molecule has 0 bridgehead atoms. The number of nitrogens with zero attached hydrogens (tertiary/aromatic N) is 2. The molecule has 1 aromatic carbocycles. The second kappa shape index (κ2) is 5.08. The average Bonchev–Trinajstić information content (AvgIpc) is 2.69. The normalized spacial score (nSPS) is 14.4. The van der Waals surface area contributed by atoms with Gasteiger partial charge in [0.15, 0.2) is 0 Å². The minimum Gasteiger partial charge on any atom is -0.330 e. The predicted octanol–water partition coefficient (Wildman–Crippen LogP) is 4.14. The fourth-order valence-electron chi connectivity index (χ4n) is 2.60. The smallest absolute Gasteiger partial charge is 0.123 e. The standard InChI is InChI=1S/C17H17FN2/c1-12(2)14-4-3-5-16-17(19-11-20(16)10-14)13-6-8-15(18)9-7-13/h4,6-9,11H,1,3,5,10H2,2H3. The quantitative estimate of drug-likeness (QED) is 0.800. The summed E-state index contributed by atoms with van der Waals surface area (Å²) in [5.41, 5.74) is 5.52. The molecule has 20 heavy (non-hydrogen) atoms. The van der Waals surface area contributed by atoms with E-state index < -0.39 is 0 Å². The van der Waals surface area contributed by atoms with Crippen LogP contribution < -0.4 is 0 Å². The molecule has 0 saturated heterocycles. The Hall–Kier alpha value is -2.16. The molecular weight excluding hydrogens is 251 g/mol. The van der Waals surface area contributed by atoms with E-state index in [0.29, 0.717) is 0 Å². The Morgan fingerprint density at radius 2 is 2.05 bits per heavy atom. The topological polar surface area (TPSA) is 17.8 Å². The maximum atomic E-state index is 13.0. The van der Waals surface area contributed by atoms with Crippen molar-refractivity contribution >= 4 is 0 Å². The van der Waals surface area contributed by atoms with E-state index in [1.54, 1.807) is 12.1 Å². The first-order valence-corrected chi connectivity index (χ1v) is 6.80.